The van der Waals surface area contributed by atoms with E-state index in [2.05, 4.69) is 30.3 Å². The van der Waals surface area contributed by atoms with Crippen molar-refractivity contribution in [2.75, 3.05) is 0 Å². The minimum absolute atomic E-state index is 0.0873. The fourth-order valence-electron chi connectivity index (χ4n) is 3.78. The van der Waals surface area contributed by atoms with E-state index in [-0.39, 0.29) is 7.12 Å². The van der Waals surface area contributed by atoms with Gasteiger partial charge in [0.05, 0.1) is 0 Å². The highest BCUT2D eigenvalue weighted by molar-refractivity contribution is 6.47. The van der Waals surface area contributed by atoms with Gasteiger partial charge in [0.25, 0.3) is 0 Å². The Hall–Kier alpha value is -1.90. The van der Waals surface area contributed by atoms with E-state index in [0.29, 0.717) is 0 Å². The average Bonchev–Trinajstić information content (AvgIpc) is 2.98. The summed E-state index contributed by atoms with van der Waals surface area (Å²) in [6.45, 7) is 0. The van der Waals surface area contributed by atoms with Gasteiger partial charge in [-0.15, -0.1) is 0 Å². The summed E-state index contributed by atoms with van der Waals surface area (Å²) in [6.07, 6.45) is 6.14. The van der Waals surface area contributed by atoms with E-state index in [1.54, 1.807) is 0 Å². The standard InChI is InChI=1S/C19H21BO2/c1-2-6-16(7-3-1)17-12-10-15(11-13-17)14-20-21-18-8-4-5-9-19(18)22-20/h1-9,15,17H,10-14H2. The monoisotopic (exact) mass is 292 g/mol. The van der Waals surface area contributed by atoms with Crippen LogP contribution >= 0.6 is 0 Å². The van der Waals surface area contributed by atoms with E-state index < -0.39 is 0 Å². The van der Waals surface area contributed by atoms with Crippen LogP contribution in [0.2, 0.25) is 6.32 Å². The molecule has 112 valence electrons. The molecule has 1 aliphatic heterocycles. The van der Waals surface area contributed by atoms with E-state index in [1.165, 1.54) is 31.2 Å². The largest absolute Gasteiger partial charge is 0.595 e. The molecule has 1 aliphatic carbocycles. The van der Waals surface area contributed by atoms with Crippen LogP contribution in [0.15, 0.2) is 54.6 Å². The lowest BCUT2D eigenvalue weighted by Gasteiger charge is -2.28. The first-order valence-corrected chi connectivity index (χ1v) is 8.36. The molecular formula is C19H21BO2. The second-order valence-electron chi connectivity index (χ2n) is 6.48. The van der Waals surface area contributed by atoms with Crippen LogP contribution in [-0.4, -0.2) is 7.12 Å². The zero-order chi connectivity index (χ0) is 14.8. The van der Waals surface area contributed by atoms with Crippen molar-refractivity contribution >= 4 is 7.12 Å². The molecular weight excluding hydrogens is 271 g/mol. The maximum Gasteiger partial charge on any atom is 0.595 e. The molecule has 0 bridgehead atoms. The first-order chi connectivity index (χ1) is 10.9. The predicted molar refractivity (Wildman–Crippen MR) is 89.4 cm³/mol. The van der Waals surface area contributed by atoms with Crippen LogP contribution < -0.4 is 9.31 Å². The van der Waals surface area contributed by atoms with Gasteiger partial charge in [0.2, 0.25) is 0 Å². The Morgan fingerprint density at radius 1 is 0.773 bits per heavy atom. The normalized spacial score (nSPS) is 23.5. The zero-order valence-electron chi connectivity index (χ0n) is 12.8. The van der Waals surface area contributed by atoms with E-state index in [9.17, 15) is 0 Å². The first-order valence-electron chi connectivity index (χ1n) is 8.36. The average molecular weight is 292 g/mol. The van der Waals surface area contributed by atoms with Crippen molar-refractivity contribution in [1.29, 1.82) is 0 Å². The van der Waals surface area contributed by atoms with E-state index in [4.69, 9.17) is 9.31 Å². The Labute approximate surface area is 132 Å². The molecule has 0 saturated heterocycles. The van der Waals surface area contributed by atoms with Crippen LogP contribution in [0.3, 0.4) is 0 Å². The van der Waals surface area contributed by atoms with Crippen molar-refractivity contribution in [3.8, 4) is 11.5 Å². The second-order valence-corrected chi connectivity index (χ2v) is 6.48. The number of benzene rings is 2. The van der Waals surface area contributed by atoms with Gasteiger partial charge in [-0.25, -0.2) is 0 Å². The van der Waals surface area contributed by atoms with Crippen molar-refractivity contribution < 1.29 is 9.31 Å². The lowest BCUT2D eigenvalue weighted by molar-refractivity contribution is 0.332. The maximum absolute atomic E-state index is 5.90. The quantitative estimate of drug-likeness (QED) is 0.747. The summed E-state index contributed by atoms with van der Waals surface area (Å²) in [5.41, 5.74) is 1.50. The molecule has 0 unspecified atom stereocenters. The molecule has 2 aromatic carbocycles. The molecule has 3 heteroatoms. The van der Waals surface area contributed by atoms with E-state index in [0.717, 1.165) is 29.7 Å². The van der Waals surface area contributed by atoms with Crippen LogP contribution in [0.1, 0.15) is 37.2 Å². The molecule has 0 aromatic heterocycles. The van der Waals surface area contributed by atoms with Crippen molar-refractivity contribution in [2.24, 2.45) is 5.92 Å². The Bertz CT molecular complexity index is 595. The van der Waals surface area contributed by atoms with Gasteiger partial charge < -0.3 is 9.31 Å². The highest BCUT2D eigenvalue weighted by Crippen LogP contribution is 2.40. The van der Waals surface area contributed by atoms with Gasteiger partial charge in [-0.05, 0) is 42.4 Å². The van der Waals surface area contributed by atoms with Crippen LogP contribution in [-0.2, 0) is 0 Å². The second kappa shape index (κ2) is 6.08. The van der Waals surface area contributed by atoms with E-state index in [1.807, 2.05) is 24.3 Å². The Balaban J connectivity index is 1.30. The van der Waals surface area contributed by atoms with E-state index >= 15 is 0 Å². The number of para-hydroxylation sites is 2. The third-order valence-corrected chi connectivity index (χ3v) is 5.01. The summed E-state index contributed by atoms with van der Waals surface area (Å²) in [6, 6.07) is 18.9. The van der Waals surface area contributed by atoms with Crippen molar-refractivity contribution in [2.45, 2.75) is 37.9 Å². The van der Waals surface area contributed by atoms with Gasteiger partial charge in [-0.3, -0.25) is 0 Å². The molecule has 0 atom stereocenters. The summed E-state index contributed by atoms with van der Waals surface area (Å²) in [4.78, 5) is 0. The fourth-order valence-corrected chi connectivity index (χ4v) is 3.78. The number of fused-ring (bicyclic) bond motifs is 1. The minimum Gasteiger partial charge on any atom is -0.523 e. The molecule has 0 N–H and O–H groups in total. The third-order valence-electron chi connectivity index (χ3n) is 5.01. The predicted octanol–water partition coefficient (Wildman–Crippen LogP) is 4.92. The highest BCUT2D eigenvalue weighted by Gasteiger charge is 2.35. The maximum atomic E-state index is 5.90. The minimum atomic E-state index is -0.0873. The first kappa shape index (κ1) is 13.7. The van der Waals surface area contributed by atoms with Crippen molar-refractivity contribution in [3.63, 3.8) is 0 Å². The summed E-state index contributed by atoms with van der Waals surface area (Å²) < 4.78 is 11.8. The smallest absolute Gasteiger partial charge is 0.523 e. The Morgan fingerprint density at radius 3 is 2.00 bits per heavy atom. The topological polar surface area (TPSA) is 18.5 Å². The third kappa shape index (κ3) is 2.85. The summed E-state index contributed by atoms with van der Waals surface area (Å²) in [5, 5.41) is 0. The molecule has 1 fully saturated rings. The van der Waals surface area contributed by atoms with Gasteiger partial charge in [0.15, 0.2) is 0 Å². The van der Waals surface area contributed by atoms with Crippen LogP contribution in [0, 0.1) is 5.92 Å². The van der Waals surface area contributed by atoms with Crippen LogP contribution in [0.4, 0.5) is 0 Å². The number of rotatable bonds is 3. The lowest BCUT2D eigenvalue weighted by Crippen LogP contribution is -2.28. The molecule has 0 radical (unpaired) electrons. The van der Waals surface area contributed by atoms with Gasteiger partial charge in [0, 0.05) is 6.32 Å². The van der Waals surface area contributed by atoms with Gasteiger partial charge in [-0.1, -0.05) is 55.3 Å². The van der Waals surface area contributed by atoms with Crippen molar-refractivity contribution in [1.82, 2.24) is 0 Å². The number of hydrogen-bond donors (Lipinski definition) is 0. The summed E-state index contributed by atoms with van der Waals surface area (Å²) in [7, 11) is -0.0873. The summed E-state index contributed by atoms with van der Waals surface area (Å²) >= 11 is 0. The van der Waals surface area contributed by atoms with Gasteiger partial charge in [-0.2, -0.15) is 0 Å². The lowest BCUT2D eigenvalue weighted by atomic mass is 9.69. The molecule has 2 nitrogen and oxygen atoms in total. The van der Waals surface area contributed by atoms with Gasteiger partial charge >= 0.3 is 7.12 Å². The highest BCUT2D eigenvalue weighted by atomic mass is 16.6. The fraction of sp³-hybridized carbons (Fsp3) is 0.368. The van der Waals surface area contributed by atoms with Crippen molar-refractivity contribution in [3.05, 3.63) is 60.2 Å². The SMILES string of the molecule is c1ccc(C2CCC(CB3Oc4ccccc4O3)CC2)cc1. The molecule has 2 aliphatic rings. The zero-order valence-corrected chi connectivity index (χ0v) is 12.8. The molecule has 22 heavy (non-hydrogen) atoms. The van der Waals surface area contributed by atoms with Gasteiger partial charge in [0.1, 0.15) is 11.5 Å². The molecule has 0 spiro atoms. The molecule has 1 saturated carbocycles. The molecule has 1 heterocycles. The summed E-state index contributed by atoms with van der Waals surface area (Å²) in [5.74, 6) is 3.25. The molecule has 2 aromatic rings. The molecule has 0 amide bonds. The van der Waals surface area contributed by atoms with Crippen LogP contribution in [0.5, 0.6) is 11.5 Å². The number of hydrogen-bond acceptors (Lipinski definition) is 2. The molecule has 4 rings (SSSR count). The Morgan fingerprint density at radius 2 is 1.36 bits per heavy atom. The Kier molecular flexibility index (Phi) is 3.80. The van der Waals surface area contributed by atoms with Crippen LogP contribution in [0.25, 0.3) is 0 Å².